The third-order valence-electron chi connectivity index (χ3n) is 4.59. The molecule has 0 saturated carbocycles. The minimum Gasteiger partial charge on any atom is -0.481 e. The molecule has 2 atom stereocenters. The maximum absolute atomic E-state index is 12.7. The van der Waals surface area contributed by atoms with E-state index in [9.17, 15) is 14.7 Å². The van der Waals surface area contributed by atoms with Gasteiger partial charge in [0.15, 0.2) is 0 Å². The van der Waals surface area contributed by atoms with Gasteiger partial charge in [-0.05, 0) is 36.1 Å². The van der Waals surface area contributed by atoms with Crippen LogP contribution in [0.15, 0.2) is 18.2 Å². The average molecular weight is 288 g/mol. The number of carbonyl (C=O) groups is 2. The molecule has 1 amide bonds. The molecular weight excluding hydrogens is 268 g/mol. The fraction of sp³-hybridized carbons (Fsp3) is 0.500. The van der Waals surface area contributed by atoms with E-state index in [0.29, 0.717) is 13.1 Å². The van der Waals surface area contributed by atoms with E-state index in [1.807, 2.05) is 25.1 Å². The number of fused-ring (bicyclic) bond motifs is 1. The maximum Gasteiger partial charge on any atom is 0.308 e. The number of carboxylic acids is 1. The van der Waals surface area contributed by atoms with Crippen LogP contribution in [0, 0.1) is 11.8 Å². The smallest absolute Gasteiger partial charge is 0.308 e. The van der Waals surface area contributed by atoms with Crippen LogP contribution >= 0.6 is 0 Å². The summed E-state index contributed by atoms with van der Waals surface area (Å²) in [4.78, 5) is 25.6. The molecule has 0 bridgehead atoms. The minimum absolute atomic E-state index is 0.00709. The van der Waals surface area contributed by atoms with E-state index >= 15 is 0 Å². The SMILES string of the molecule is C[C@@H]1CN(C(=O)c2cccc3c2CCNC3)C[C@H]1C(=O)O. The number of amides is 1. The molecule has 0 radical (unpaired) electrons. The molecule has 2 aliphatic heterocycles. The predicted octanol–water partition coefficient (Wildman–Crippen LogP) is 1.12. The summed E-state index contributed by atoms with van der Waals surface area (Å²) in [5, 5.41) is 12.5. The van der Waals surface area contributed by atoms with Crippen molar-refractivity contribution in [3.8, 4) is 0 Å². The van der Waals surface area contributed by atoms with Gasteiger partial charge in [-0.25, -0.2) is 0 Å². The summed E-state index contributed by atoms with van der Waals surface area (Å²) >= 11 is 0. The van der Waals surface area contributed by atoms with Crippen molar-refractivity contribution in [3.05, 3.63) is 34.9 Å². The molecule has 2 aliphatic rings. The molecule has 2 heterocycles. The predicted molar refractivity (Wildman–Crippen MR) is 78.0 cm³/mol. The van der Waals surface area contributed by atoms with Gasteiger partial charge in [0.2, 0.25) is 0 Å². The molecule has 1 saturated heterocycles. The lowest BCUT2D eigenvalue weighted by Gasteiger charge is -2.23. The number of nitrogens with zero attached hydrogens (tertiary/aromatic N) is 1. The zero-order chi connectivity index (χ0) is 15.0. The Hall–Kier alpha value is -1.88. The fourth-order valence-corrected chi connectivity index (χ4v) is 3.36. The number of nitrogens with one attached hydrogen (secondary N) is 1. The van der Waals surface area contributed by atoms with Crippen LogP contribution < -0.4 is 5.32 Å². The molecule has 0 spiro atoms. The van der Waals surface area contributed by atoms with Crippen molar-refractivity contribution in [1.29, 1.82) is 0 Å². The molecule has 5 heteroatoms. The van der Waals surface area contributed by atoms with Gasteiger partial charge in [0, 0.05) is 25.2 Å². The van der Waals surface area contributed by atoms with Gasteiger partial charge in [0.25, 0.3) is 5.91 Å². The summed E-state index contributed by atoms with van der Waals surface area (Å²) in [6.45, 7) is 4.42. The van der Waals surface area contributed by atoms with E-state index in [2.05, 4.69) is 5.32 Å². The number of benzene rings is 1. The lowest BCUT2D eigenvalue weighted by atomic mass is 9.95. The molecule has 3 rings (SSSR count). The van der Waals surface area contributed by atoms with Crippen LogP contribution in [0.1, 0.15) is 28.4 Å². The Labute approximate surface area is 123 Å². The summed E-state index contributed by atoms with van der Waals surface area (Å²) in [6.07, 6.45) is 0.850. The van der Waals surface area contributed by atoms with Gasteiger partial charge in [-0.15, -0.1) is 0 Å². The lowest BCUT2D eigenvalue weighted by molar-refractivity contribution is -0.142. The van der Waals surface area contributed by atoms with Gasteiger partial charge in [0.1, 0.15) is 0 Å². The Morgan fingerprint density at radius 1 is 1.33 bits per heavy atom. The second-order valence-corrected chi connectivity index (χ2v) is 6.00. The number of rotatable bonds is 2. The second kappa shape index (κ2) is 5.48. The number of hydrogen-bond donors (Lipinski definition) is 2. The first-order chi connectivity index (χ1) is 10.1. The van der Waals surface area contributed by atoms with E-state index < -0.39 is 11.9 Å². The van der Waals surface area contributed by atoms with Gasteiger partial charge in [-0.3, -0.25) is 9.59 Å². The summed E-state index contributed by atoms with van der Waals surface area (Å²) in [7, 11) is 0. The Kier molecular flexibility index (Phi) is 3.68. The highest BCUT2D eigenvalue weighted by Crippen LogP contribution is 2.27. The topological polar surface area (TPSA) is 69.6 Å². The first-order valence-corrected chi connectivity index (χ1v) is 7.41. The summed E-state index contributed by atoms with van der Waals surface area (Å²) < 4.78 is 0. The van der Waals surface area contributed by atoms with Gasteiger partial charge in [-0.2, -0.15) is 0 Å². The molecule has 21 heavy (non-hydrogen) atoms. The fourth-order valence-electron chi connectivity index (χ4n) is 3.36. The van der Waals surface area contributed by atoms with E-state index in [0.717, 1.165) is 30.6 Å². The highest BCUT2D eigenvalue weighted by atomic mass is 16.4. The van der Waals surface area contributed by atoms with E-state index in [1.165, 1.54) is 5.56 Å². The van der Waals surface area contributed by atoms with Crippen molar-refractivity contribution in [1.82, 2.24) is 10.2 Å². The first-order valence-electron chi connectivity index (χ1n) is 7.41. The number of carboxylic acid groups (broad SMARTS) is 1. The number of carbonyl (C=O) groups excluding carboxylic acids is 1. The van der Waals surface area contributed by atoms with Crippen molar-refractivity contribution in [2.45, 2.75) is 19.9 Å². The van der Waals surface area contributed by atoms with Crippen LogP contribution in [-0.2, 0) is 17.8 Å². The van der Waals surface area contributed by atoms with Crippen LogP contribution in [0.5, 0.6) is 0 Å². The molecule has 1 fully saturated rings. The molecule has 0 unspecified atom stereocenters. The van der Waals surface area contributed by atoms with Crippen molar-refractivity contribution in [3.63, 3.8) is 0 Å². The largest absolute Gasteiger partial charge is 0.481 e. The highest BCUT2D eigenvalue weighted by Gasteiger charge is 2.37. The number of aliphatic carboxylic acids is 1. The molecular formula is C16H20N2O3. The number of likely N-dealkylation sites (tertiary alicyclic amines) is 1. The van der Waals surface area contributed by atoms with Crippen molar-refractivity contribution >= 4 is 11.9 Å². The molecule has 1 aromatic carbocycles. The van der Waals surface area contributed by atoms with Crippen LogP contribution in [0.3, 0.4) is 0 Å². The Balaban J connectivity index is 1.85. The third-order valence-corrected chi connectivity index (χ3v) is 4.59. The van der Waals surface area contributed by atoms with Crippen molar-refractivity contribution in [2.24, 2.45) is 11.8 Å². The van der Waals surface area contributed by atoms with Crippen LogP contribution in [-0.4, -0.2) is 41.5 Å². The quantitative estimate of drug-likeness (QED) is 0.856. The second-order valence-electron chi connectivity index (χ2n) is 6.00. The van der Waals surface area contributed by atoms with Crippen LogP contribution in [0.4, 0.5) is 0 Å². The Bertz CT molecular complexity index is 585. The summed E-state index contributed by atoms with van der Waals surface area (Å²) in [6, 6.07) is 5.82. The van der Waals surface area contributed by atoms with Crippen molar-refractivity contribution in [2.75, 3.05) is 19.6 Å². The molecule has 2 N–H and O–H groups in total. The monoisotopic (exact) mass is 288 g/mol. The van der Waals surface area contributed by atoms with Gasteiger partial charge >= 0.3 is 5.97 Å². The first kappa shape index (κ1) is 14.1. The molecule has 5 nitrogen and oxygen atoms in total. The molecule has 1 aromatic rings. The van der Waals surface area contributed by atoms with Crippen LogP contribution in [0.25, 0.3) is 0 Å². The van der Waals surface area contributed by atoms with Crippen molar-refractivity contribution < 1.29 is 14.7 Å². The normalized spacial score (nSPS) is 24.7. The van der Waals surface area contributed by atoms with Gasteiger partial charge < -0.3 is 15.3 Å². The van der Waals surface area contributed by atoms with E-state index in [-0.39, 0.29) is 11.8 Å². The average Bonchev–Trinajstić information content (AvgIpc) is 2.88. The molecule has 0 aromatic heterocycles. The van der Waals surface area contributed by atoms with Gasteiger partial charge in [-0.1, -0.05) is 19.1 Å². The van der Waals surface area contributed by atoms with Gasteiger partial charge in [0.05, 0.1) is 5.92 Å². The Morgan fingerprint density at radius 3 is 2.86 bits per heavy atom. The number of hydrogen-bond acceptors (Lipinski definition) is 3. The zero-order valence-electron chi connectivity index (χ0n) is 12.1. The lowest BCUT2D eigenvalue weighted by Crippen LogP contribution is -2.32. The highest BCUT2D eigenvalue weighted by molar-refractivity contribution is 5.96. The Morgan fingerprint density at radius 2 is 2.14 bits per heavy atom. The molecule has 112 valence electrons. The minimum atomic E-state index is -0.808. The standard InChI is InChI=1S/C16H20N2O3/c1-10-8-18(9-14(10)16(20)21)15(19)13-4-2-3-11-7-17-6-5-12(11)13/h2-4,10,14,17H,5-9H2,1H3,(H,20,21)/t10-,14-/m1/s1. The maximum atomic E-state index is 12.7. The molecule has 0 aliphatic carbocycles. The third kappa shape index (κ3) is 2.53. The van der Waals surface area contributed by atoms with E-state index in [4.69, 9.17) is 0 Å². The van der Waals surface area contributed by atoms with Crippen LogP contribution in [0.2, 0.25) is 0 Å². The summed E-state index contributed by atoms with van der Waals surface area (Å²) in [5.41, 5.74) is 3.04. The summed E-state index contributed by atoms with van der Waals surface area (Å²) in [5.74, 6) is -1.27. The van der Waals surface area contributed by atoms with E-state index in [1.54, 1.807) is 4.90 Å². The zero-order valence-corrected chi connectivity index (χ0v) is 12.1.